The molecule has 2 rings (SSSR count). The molecule has 1 aromatic heterocycles. The van der Waals surface area contributed by atoms with Gasteiger partial charge in [0.1, 0.15) is 5.54 Å². The molecular weight excluding hydrogens is 288 g/mol. The Morgan fingerprint density at radius 2 is 2.44 bits per heavy atom. The standard InChI is InChI=1S/C11H9BrN2OS/c12-8-5-9(16-6-8)1-2-10(15)14-11(7-13)3-4-11/h1-2,5-6H,3-4H2,(H,14,15). The molecule has 1 amide bonds. The zero-order valence-electron chi connectivity index (χ0n) is 8.37. The molecular formula is C11H9BrN2OS. The largest absolute Gasteiger partial charge is 0.334 e. The van der Waals surface area contributed by atoms with E-state index in [9.17, 15) is 4.79 Å². The van der Waals surface area contributed by atoms with Crippen molar-refractivity contribution in [1.29, 1.82) is 5.26 Å². The van der Waals surface area contributed by atoms with Crippen LogP contribution in [-0.4, -0.2) is 11.4 Å². The first-order valence-corrected chi connectivity index (χ1v) is 6.46. The molecule has 1 aliphatic carbocycles. The summed E-state index contributed by atoms with van der Waals surface area (Å²) in [6, 6.07) is 4.05. The average Bonchev–Trinajstić information content (AvgIpc) is 2.91. The number of thiophene rings is 1. The average molecular weight is 297 g/mol. The molecule has 1 aromatic rings. The first-order valence-electron chi connectivity index (χ1n) is 4.79. The van der Waals surface area contributed by atoms with E-state index in [0.717, 1.165) is 22.2 Å². The highest BCUT2D eigenvalue weighted by Crippen LogP contribution is 2.34. The zero-order valence-corrected chi connectivity index (χ0v) is 10.8. The number of nitrogens with one attached hydrogen (secondary N) is 1. The number of nitrogens with zero attached hydrogens (tertiary/aromatic N) is 1. The molecule has 1 saturated carbocycles. The highest BCUT2D eigenvalue weighted by atomic mass is 79.9. The molecule has 5 heteroatoms. The molecule has 1 heterocycles. The summed E-state index contributed by atoms with van der Waals surface area (Å²) in [5.41, 5.74) is -0.586. The molecule has 16 heavy (non-hydrogen) atoms. The monoisotopic (exact) mass is 296 g/mol. The van der Waals surface area contributed by atoms with Crippen molar-refractivity contribution < 1.29 is 4.79 Å². The minimum absolute atomic E-state index is 0.205. The van der Waals surface area contributed by atoms with Gasteiger partial charge >= 0.3 is 0 Å². The fraction of sp³-hybridized carbons (Fsp3) is 0.273. The predicted octanol–water partition coefficient (Wildman–Crippen LogP) is 2.70. The summed E-state index contributed by atoms with van der Waals surface area (Å²) >= 11 is 4.89. The van der Waals surface area contributed by atoms with Crippen molar-refractivity contribution in [3.05, 3.63) is 26.9 Å². The van der Waals surface area contributed by atoms with E-state index < -0.39 is 5.54 Å². The molecule has 3 nitrogen and oxygen atoms in total. The van der Waals surface area contributed by atoms with Crippen LogP contribution in [0.1, 0.15) is 17.7 Å². The van der Waals surface area contributed by atoms with E-state index in [1.807, 2.05) is 11.4 Å². The smallest absolute Gasteiger partial charge is 0.245 e. The van der Waals surface area contributed by atoms with Gasteiger partial charge < -0.3 is 5.32 Å². The minimum atomic E-state index is -0.586. The Labute approximate surface area is 106 Å². The fourth-order valence-electron chi connectivity index (χ4n) is 1.24. The van der Waals surface area contributed by atoms with Crippen LogP contribution in [0.3, 0.4) is 0 Å². The molecule has 0 spiro atoms. The molecule has 0 aliphatic heterocycles. The summed E-state index contributed by atoms with van der Waals surface area (Å²) in [7, 11) is 0. The van der Waals surface area contributed by atoms with Gasteiger partial charge in [-0.1, -0.05) is 0 Å². The van der Waals surface area contributed by atoms with Gasteiger partial charge in [-0.15, -0.1) is 11.3 Å². The number of hydrogen-bond donors (Lipinski definition) is 1. The Balaban J connectivity index is 1.93. The van der Waals surface area contributed by atoms with Crippen LogP contribution in [0, 0.1) is 11.3 Å². The lowest BCUT2D eigenvalue weighted by atomic mass is 10.3. The van der Waals surface area contributed by atoms with Gasteiger partial charge in [-0.2, -0.15) is 5.26 Å². The summed E-state index contributed by atoms with van der Waals surface area (Å²) in [6.07, 6.45) is 4.73. The topological polar surface area (TPSA) is 52.9 Å². The molecule has 0 bridgehead atoms. The van der Waals surface area contributed by atoms with Gasteiger partial charge in [0.05, 0.1) is 6.07 Å². The van der Waals surface area contributed by atoms with Crippen LogP contribution in [0.4, 0.5) is 0 Å². The van der Waals surface area contributed by atoms with Gasteiger partial charge in [0.15, 0.2) is 0 Å². The van der Waals surface area contributed by atoms with E-state index in [4.69, 9.17) is 5.26 Å². The number of carbonyl (C=O) groups excluding carboxylic acids is 1. The Kier molecular flexibility index (Phi) is 3.13. The molecule has 0 atom stereocenters. The highest BCUT2D eigenvalue weighted by Gasteiger charge is 2.44. The van der Waals surface area contributed by atoms with Crippen LogP contribution in [0.15, 0.2) is 22.0 Å². The summed E-state index contributed by atoms with van der Waals surface area (Å²) in [6.45, 7) is 0. The van der Waals surface area contributed by atoms with Crippen molar-refractivity contribution in [3.8, 4) is 6.07 Å². The minimum Gasteiger partial charge on any atom is -0.334 e. The van der Waals surface area contributed by atoms with Gasteiger partial charge in [-0.05, 0) is 40.9 Å². The van der Waals surface area contributed by atoms with E-state index in [2.05, 4.69) is 27.3 Å². The third-order valence-electron chi connectivity index (χ3n) is 2.31. The number of halogens is 1. The molecule has 1 N–H and O–H groups in total. The van der Waals surface area contributed by atoms with Crippen LogP contribution >= 0.6 is 27.3 Å². The van der Waals surface area contributed by atoms with Crippen LogP contribution in [0.25, 0.3) is 6.08 Å². The van der Waals surface area contributed by atoms with Gasteiger partial charge in [0.2, 0.25) is 5.91 Å². The number of rotatable bonds is 3. The molecule has 1 aliphatic rings. The first-order chi connectivity index (χ1) is 7.63. The highest BCUT2D eigenvalue weighted by molar-refractivity contribution is 9.10. The first kappa shape index (κ1) is 11.4. The Morgan fingerprint density at radius 3 is 2.94 bits per heavy atom. The SMILES string of the molecule is N#CC1(NC(=O)C=Cc2cc(Br)cs2)CC1. The predicted molar refractivity (Wildman–Crippen MR) is 66.8 cm³/mol. The summed E-state index contributed by atoms with van der Waals surface area (Å²) < 4.78 is 1.01. The van der Waals surface area contributed by atoms with Crippen molar-refractivity contribution in [2.24, 2.45) is 0 Å². The number of carbonyl (C=O) groups is 1. The summed E-state index contributed by atoms with van der Waals surface area (Å²) in [4.78, 5) is 12.5. The van der Waals surface area contributed by atoms with E-state index in [1.165, 1.54) is 6.08 Å². The maximum absolute atomic E-state index is 11.5. The summed E-state index contributed by atoms with van der Waals surface area (Å²) in [5, 5.41) is 13.5. The van der Waals surface area contributed by atoms with Gasteiger partial charge in [-0.3, -0.25) is 4.79 Å². The molecule has 0 unspecified atom stereocenters. The normalized spacial score (nSPS) is 17.0. The number of nitriles is 1. The van der Waals surface area contributed by atoms with Crippen LogP contribution < -0.4 is 5.32 Å². The third kappa shape index (κ3) is 2.71. The van der Waals surface area contributed by atoms with Crippen molar-refractivity contribution in [3.63, 3.8) is 0 Å². The Bertz CT molecular complexity index is 482. The second-order valence-electron chi connectivity index (χ2n) is 3.68. The van der Waals surface area contributed by atoms with Crippen LogP contribution in [0.2, 0.25) is 0 Å². The van der Waals surface area contributed by atoms with Gasteiger partial charge in [0, 0.05) is 20.8 Å². The van der Waals surface area contributed by atoms with Crippen molar-refractivity contribution in [2.75, 3.05) is 0 Å². The van der Waals surface area contributed by atoms with Crippen LogP contribution in [0.5, 0.6) is 0 Å². The van der Waals surface area contributed by atoms with E-state index in [0.29, 0.717) is 0 Å². The van der Waals surface area contributed by atoms with Gasteiger partial charge in [0.25, 0.3) is 0 Å². The fourth-order valence-corrected chi connectivity index (χ4v) is 2.58. The van der Waals surface area contributed by atoms with Gasteiger partial charge in [-0.25, -0.2) is 0 Å². The second-order valence-corrected chi connectivity index (χ2v) is 5.54. The second kappa shape index (κ2) is 4.40. The van der Waals surface area contributed by atoms with E-state index in [1.54, 1.807) is 17.4 Å². The maximum Gasteiger partial charge on any atom is 0.245 e. The number of hydrogen-bond acceptors (Lipinski definition) is 3. The van der Waals surface area contributed by atoms with Crippen molar-refractivity contribution >= 4 is 39.2 Å². The molecule has 0 saturated heterocycles. The molecule has 0 aromatic carbocycles. The Hall–Kier alpha value is -1.12. The van der Waals surface area contributed by atoms with E-state index >= 15 is 0 Å². The molecule has 1 fully saturated rings. The zero-order chi connectivity index (χ0) is 11.6. The lowest BCUT2D eigenvalue weighted by Crippen LogP contribution is -2.34. The molecule has 82 valence electrons. The van der Waals surface area contributed by atoms with Crippen molar-refractivity contribution in [2.45, 2.75) is 18.4 Å². The molecule has 0 radical (unpaired) electrons. The summed E-state index contributed by atoms with van der Waals surface area (Å²) in [5.74, 6) is -0.205. The Morgan fingerprint density at radius 1 is 1.69 bits per heavy atom. The maximum atomic E-state index is 11.5. The quantitative estimate of drug-likeness (QED) is 0.872. The lowest BCUT2D eigenvalue weighted by molar-refractivity contribution is -0.117. The van der Waals surface area contributed by atoms with E-state index in [-0.39, 0.29) is 5.91 Å². The third-order valence-corrected chi connectivity index (χ3v) is 3.97. The van der Waals surface area contributed by atoms with Crippen LogP contribution in [-0.2, 0) is 4.79 Å². The lowest BCUT2D eigenvalue weighted by Gasteiger charge is -2.04. The number of amides is 1. The van der Waals surface area contributed by atoms with Crippen molar-refractivity contribution in [1.82, 2.24) is 5.32 Å².